The number of anilines is 1. The maximum absolute atomic E-state index is 13.9. The molecule has 1 aliphatic heterocycles. The number of hydrogen-bond donors (Lipinski definition) is 0. The Bertz CT molecular complexity index is 1540. The molecule has 0 spiro atoms. The third kappa shape index (κ3) is 3.87. The summed E-state index contributed by atoms with van der Waals surface area (Å²) in [7, 11) is 0. The van der Waals surface area contributed by atoms with Crippen molar-refractivity contribution < 1.29 is 19.3 Å². The maximum Gasteiger partial charge on any atom is 0.331 e. The van der Waals surface area contributed by atoms with Gasteiger partial charge >= 0.3 is 5.91 Å². The molecule has 8 heteroatoms. The lowest BCUT2D eigenvalue weighted by Gasteiger charge is -2.16. The van der Waals surface area contributed by atoms with Gasteiger partial charge in [-0.1, -0.05) is 49.7 Å². The minimum absolute atomic E-state index is 0.0291. The topological polar surface area (TPSA) is 82.1 Å². The van der Waals surface area contributed by atoms with Gasteiger partial charge in [0, 0.05) is 22.2 Å². The second-order valence-electron chi connectivity index (χ2n) is 8.91. The average molecular weight is 499 g/mol. The van der Waals surface area contributed by atoms with Crippen LogP contribution in [0.4, 0.5) is 5.69 Å². The third-order valence-electron chi connectivity index (χ3n) is 6.00. The standard InChI is InChI=1S/C28H23ClN4O3/c1-17(2)24-22(27(35)33(30-24)21-13-7-10-19(29)15-21)23-25(31-14-8-9-18(3)16-31)28(36)32(26(23)34)20-11-5-4-6-12-20/h4-17H,1-3H3. The summed E-state index contributed by atoms with van der Waals surface area (Å²) < 4.78 is 2.85. The summed E-state index contributed by atoms with van der Waals surface area (Å²) >= 11 is 6.17. The van der Waals surface area contributed by atoms with Gasteiger partial charge in [0.25, 0.3) is 11.6 Å². The highest BCUT2D eigenvalue weighted by Gasteiger charge is 2.47. The zero-order valence-corrected chi connectivity index (χ0v) is 20.7. The van der Waals surface area contributed by atoms with Crippen molar-refractivity contribution in [1.29, 1.82) is 0 Å². The Balaban J connectivity index is 1.81. The number of para-hydroxylation sites is 1. The molecular weight excluding hydrogens is 476 g/mol. The summed E-state index contributed by atoms with van der Waals surface area (Å²) in [6.07, 6.45) is 3.46. The Morgan fingerprint density at radius 3 is 2.33 bits per heavy atom. The van der Waals surface area contributed by atoms with Gasteiger partial charge in [-0.3, -0.25) is 9.59 Å². The molecule has 0 fully saturated rings. The molecular formula is C28H23ClN4O3. The Kier molecular flexibility index (Phi) is 5.94. The predicted octanol–water partition coefficient (Wildman–Crippen LogP) is 4.26. The van der Waals surface area contributed by atoms with Crippen molar-refractivity contribution in [1.82, 2.24) is 9.78 Å². The number of aromatic nitrogens is 3. The SMILES string of the molecule is Cc1ccc[n+](C2=C(c3c(C(C)C)nn(-c4cccc(Cl)c4)c3[O-])C(=O)N(c3ccccc3)C2=O)c1. The number of aryl methyl sites for hydroxylation is 1. The second-order valence-corrected chi connectivity index (χ2v) is 9.34. The summed E-state index contributed by atoms with van der Waals surface area (Å²) in [5, 5.41) is 18.9. The lowest BCUT2D eigenvalue weighted by molar-refractivity contribution is -0.577. The summed E-state index contributed by atoms with van der Waals surface area (Å²) in [5.74, 6) is -1.77. The molecule has 2 aromatic heterocycles. The predicted molar refractivity (Wildman–Crippen MR) is 136 cm³/mol. The van der Waals surface area contributed by atoms with Crippen LogP contribution in [0.25, 0.3) is 17.0 Å². The fourth-order valence-corrected chi connectivity index (χ4v) is 4.55. The number of carbonyl (C=O) groups is 2. The number of imide groups is 1. The lowest BCUT2D eigenvalue weighted by Crippen LogP contribution is -2.39. The van der Waals surface area contributed by atoms with Crippen LogP contribution in [0.5, 0.6) is 5.88 Å². The Morgan fingerprint density at radius 2 is 1.67 bits per heavy atom. The van der Waals surface area contributed by atoms with E-state index in [0.29, 0.717) is 22.1 Å². The highest BCUT2D eigenvalue weighted by molar-refractivity contribution is 6.53. The fourth-order valence-electron chi connectivity index (χ4n) is 4.37. The van der Waals surface area contributed by atoms with E-state index in [2.05, 4.69) is 5.10 Å². The zero-order chi connectivity index (χ0) is 25.6. The molecule has 180 valence electrons. The first kappa shape index (κ1) is 23.5. The van der Waals surface area contributed by atoms with Gasteiger partial charge in [0.15, 0.2) is 12.4 Å². The highest BCUT2D eigenvalue weighted by atomic mass is 35.5. The molecule has 0 radical (unpaired) electrons. The summed E-state index contributed by atoms with van der Waals surface area (Å²) in [4.78, 5) is 28.9. The molecule has 0 saturated carbocycles. The molecule has 2 amide bonds. The van der Waals surface area contributed by atoms with E-state index in [1.807, 2.05) is 26.8 Å². The van der Waals surface area contributed by atoms with Gasteiger partial charge in [-0.2, -0.15) is 9.67 Å². The van der Waals surface area contributed by atoms with Crippen LogP contribution in [-0.4, -0.2) is 21.6 Å². The van der Waals surface area contributed by atoms with Crippen LogP contribution in [0.15, 0.2) is 79.1 Å². The average Bonchev–Trinajstić information content (AvgIpc) is 3.32. The van der Waals surface area contributed by atoms with Crippen molar-refractivity contribution >= 4 is 40.4 Å². The number of halogens is 1. The van der Waals surface area contributed by atoms with E-state index in [1.165, 1.54) is 4.68 Å². The van der Waals surface area contributed by atoms with Crippen molar-refractivity contribution in [3.63, 3.8) is 0 Å². The Labute approximate surface area is 213 Å². The van der Waals surface area contributed by atoms with Gasteiger partial charge in [0.2, 0.25) is 0 Å². The van der Waals surface area contributed by atoms with Gasteiger partial charge in [0.05, 0.1) is 17.1 Å². The van der Waals surface area contributed by atoms with E-state index in [9.17, 15) is 14.7 Å². The summed E-state index contributed by atoms with van der Waals surface area (Å²) in [6, 6.07) is 19.2. The van der Waals surface area contributed by atoms with E-state index < -0.39 is 17.7 Å². The molecule has 36 heavy (non-hydrogen) atoms. The van der Waals surface area contributed by atoms with E-state index in [-0.39, 0.29) is 22.8 Å². The normalized spacial score (nSPS) is 13.9. The van der Waals surface area contributed by atoms with E-state index in [0.717, 1.165) is 10.5 Å². The molecule has 7 nitrogen and oxygen atoms in total. The largest absolute Gasteiger partial charge is 0.858 e. The number of benzene rings is 2. The zero-order valence-electron chi connectivity index (χ0n) is 20.0. The van der Waals surface area contributed by atoms with Crippen molar-refractivity contribution in [2.45, 2.75) is 26.7 Å². The Hall–Kier alpha value is -4.23. The monoisotopic (exact) mass is 498 g/mol. The molecule has 1 aliphatic rings. The van der Waals surface area contributed by atoms with Crippen LogP contribution >= 0.6 is 11.6 Å². The maximum atomic E-state index is 13.9. The van der Waals surface area contributed by atoms with Crippen LogP contribution in [0, 0.1) is 6.92 Å². The van der Waals surface area contributed by atoms with E-state index in [1.54, 1.807) is 77.6 Å². The molecule has 0 atom stereocenters. The molecule has 0 aliphatic carbocycles. The minimum Gasteiger partial charge on any atom is -0.858 e. The van der Waals surface area contributed by atoms with Crippen molar-refractivity contribution in [3.05, 3.63) is 101 Å². The van der Waals surface area contributed by atoms with Crippen LogP contribution in [0.3, 0.4) is 0 Å². The number of hydrogen-bond acceptors (Lipinski definition) is 4. The van der Waals surface area contributed by atoms with Crippen molar-refractivity contribution in [2.75, 3.05) is 4.90 Å². The number of amides is 2. The van der Waals surface area contributed by atoms with Crippen LogP contribution < -0.4 is 14.6 Å². The van der Waals surface area contributed by atoms with Crippen LogP contribution in [-0.2, 0) is 9.59 Å². The van der Waals surface area contributed by atoms with Gasteiger partial charge in [0.1, 0.15) is 5.57 Å². The minimum atomic E-state index is -0.570. The second kappa shape index (κ2) is 9.09. The lowest BCUT2D eigenvalue weighted by atomic mass is 9.98. The van der Waals surface area contributed by atoms with Crippen LogP contribution in [0.1, 0.15) is 36.6 Å². The molecule has 0 unspecified atom stereocenters. The van der Waals surface area contributed by atoms with Gasteiger partial charge in [-0.05, 0) is 55.1 Å². The van der Waals surface area contributed by atoms with Gasteiger partial charge < -0.3 is 5.11 Å². The molecule has 0 bridgehead atoms. The summed E-state index contributed by atoms with van der Waals surface area (Å²) in [6.45, 7) is 5.68. The Morgan fingerprint density at radius 1 is 0.944 bits per heavy atom. The molecule has 0 N–H and O–H groups in total. The summed E-state index contributed by atoms with van der Waals surface area (Å²) in [5.41, 5.74) is 2.47. The number of nitrogens with zero attached hydrogens (tertiary/aromatic N) is 4. The third-order valence-corrected chi connectivity index (χ3v) is 6.24. The highest BCUT2D eigenvalue weighted by Crippen LogP contribution is 2.40. The molecule has 0 saturated heterocycles. The first-order valence-electron chi connectivity index (χ1n) is 11.5. The fraction of sp³-hybridized carbons (Fsp3) is 0.143. The molecule has 5 rings (SSSR count). The van der Waals surface area contributed by atoms with E-state index >= 15 is 0 Å². The number of pyridine rings is 1. The molecule has 2 aromatic carbocycles. The quantitative estimate of drug-likeness (QED) is 0.304. The first-order valence-corrected chi connectivity index (χ1v) is 11.9. The number of carbonyl (C=O) groups excluding carboxylic acids is 2. The van der Waals surface area contributed by atoms with E-state index in [4.69, 9.17) is 11.6 Å². The van der Waals surface area contributed by atoms with Gasteiger partial charge in [-0.15, -0.1) is 0 Å². The van der Waals surface area contributed by atoms with Gasteiger partial charge in [-0.25, -0.2) is 9.58 Å². The number of rotatable bonds is 5. The molecule has 4 aromatic rings. The first-order chi connectivity index (χ1) is 17.3. The van der Waals surface area contributed by atoms with Crippen molar-refractivity contribution in [3.8, 4) is 11.6 Å². The molecule has 3 heterocycles. The van der Waals surface area contributed by atoms with Crippen LogP contribution in [0.2, 0.25) is 5.02 Å². The smallest absolute Gasteiger partial charge is 0.331 e. The van der Waals surface area contributed by atoms with Crippen molar-refractivity contribution in [2.24, 2.45) is 0 Å².